The first-order chi connectivity index (χ1) is 16.5. The van der Waals surface area contributed by atoms with Crippen LogP contribution in [0.1, 0.15) is 47.5 Å². The summed E-state index contributed by atoms with van der Waals surface area (Å²) in [7, 11) is 0. The largest absolute Gasteiger partial charge is 0.402 e. The van der Waals surface area contributed by atoms with Crippen LogP contribution in [0.15, 0.2) is 68.8 Å². The lowest BCUT2D eigenvalue weighted by atomic mass is 9.83. The van der Waals surface area contributed by atoms with E-state index in [2.05, 4.69) is 47.0 Å². The van der Waals surface area contributed by atoms with Gasteiger partial charge in [-0.15, -0.1) is 0 Å². The van der Waals surface area contributed by atoms with E-state index >= 15 is 0 Å². The van der Waals surface area contributed by atoms with Crippen molar-refractivity contribution in [2.24, 2.45) is 21.9 Å². The van der Waals surface area contributed by atoms with Gasteiger partial charge in [0.25, 0.3) is 0 Å². The average Bonchev–Trinajstić information content (AvgIpc) is 2.79. The van der Waals surface area contributed by atoms with Gasteiger partial charge in [0.1, 0.15) is 11.7 Å². The smallest absolute Gasteiger partial charge is 0.224 e. The van der Waals surface area contributed by atoms with E-state index in [4.69, 9.17) is 16.5 Å². The van der Waals surface area contributed by atoms with E-state index in [1.54, 1.807) is 13.0 Å². The second kappa shape index (κ2) is 11.4. The third kappa shape index (κ3) is 7.85. The minimum Gasteiger partial charge on any atom is -0.402 e. The monoisotopic (exact) mass is 493 g/mol. The number of aromatic nitrogens is 2. The number of aliphatic imine (C=N–C) groups is 1. The third-order valence-electron chi connectivity index (χ3n) is 5.46. The highest BCUT2D eigenvalue weighted by molar-refractivity contribution is 7.99. The van der Waals surface area contributed by atoms with Crippen LogP contribution < -0.4 is 21.7 Å². The van der Waals surface area contributed by atoms with Crippen LogP contribution in [0.5, 0.6) is 0 Å². The quantitative estimate of drug-likeness (QED) is 0.214. The molecule has 0 unspecified atom stereocenters. The van der Waals surface area contributed by atoms with Crippen LogP contribution >= 0.6 is 11.8 Å². The van der Waals surface area contributed by atoms with Crippen molar-refractivity contribution in [2.45, 2.75) is 57.5 Å². The number of amidine groups is 1. The summed E-state index contributed by atoms with van der Waals surface area (Å²) in [6.07, 6.45) is 5.32. The molecule has 0 atom stereocenters. The molecule has 0 saturated heterocycles. The fourth-order valence-corrected chi connectivity index (χ4v) is 4.34. The van der Waals surface area contributed by atoms with Crippen molar-refractivity contribution in [1.82, 2.24) is 9.97 Å². The molecule has 0 spiro atoms. The Balaban J connectivity index is 1.89. The van der Waals surface area contributed by atoms with E-state index in [0.29, 0.717) is 23.1 Å². The molecule has 1 aliphatic heterocycles. The topological polar surface area (TPSA) is 123 Å². The van der Waals surface area contributed by atoms with E-state index in [0.717, 1.165) is 35.9 Å². The molecular formula is C26H35N7OS. The Morgan fingerprint density at radius 1 is 1.23 bits per heavy atom. The number of rotatable bonds is 7. The molecule has 0 radical (unpaired) electrons. The highest BCUT2D eigenvalue weighted by atomic mass is 32.2. The highest BCUT2D eigenvalue weighted by Crippen LogP contribution is 2.33. The zero-order chi connectivity index (χ0) is 25.6. The summed E-state index contributed by atoms with van der Waals surface area (Å²) in [5.41, 5.74) is 14.7. The van der Waals surface area contributed by atoms with Gasteiger partial charge in [0.05, 0.1) is 0 Å². The normalized spacial score (nSPS) is 15.1. The molecule has 1 aromatic carbocycles. The van der Waals surface area contributed by atoms with Crippen LogP contribution in [0, 0.1) is 5.41 Å². The summed E-state index contributed by atoms with van der Waals surface area (Å²) in [6.45, 7) is 12.0. The van der Waals surface area contributed by atoms with Gasteiger partial charge in [-0.3, -0.25) is 4.79 Å². The number of allylic oxidation sites excluding steroid dienone is 1. The third-order valence-corrected chi connectivity index (χ3v) is 6.34. The second-order valence-corrected chi connectivity index (χ2v) is 10.5. The Bertz CT molecular complexity index is 1140. The van der Waals surface area contributed by atoms with Crippen LogP contribution in [0.3, 0.4) is 0 Å². The summed E-state index contributed by atoms with van der Waals surface area (Å²) in [5.74, 6) is 1.55. The van der Waals surface area contributed by atoms with Crippen molar-refractivity contribution < 1.29 is 4.79 Å². The maximum atomic E-state index is 11.6. The van der Waals surface area contributed by atoms with Crippen molar-refractivity contribution in [1.29, 1.82) is 0 Å². The van der Waals surface area contributed by atoms with Crippen molar-refractivity contribution in [3.8, 4) is 0 Å². The number of hydrogen-bond donors (Lipinski definition) is 3. The van der Waals surface area contributed by atoms with Gasteiger partial charge in [0, 0.05) is 41.9 Å². The summed E-state index contributed by atoms with van der Waals surface area (Å²) >= 11 is 1.43. The van der Waals surface area contributed by atoms with Gasteiger partial charge in [-0.1, -0.05) is 39.3 Å². The molecule has 5 N–H and O–H groups in total. The molecule has 1 aromatic heterocycles. The van der Waals surface area contributed by atoms with Crippen LogP contribution in [-0.4, -0.2) is 34.8 Å². The number of amides is 1. The molecular weight excluding hydrogens is 458 g/mol. The first kappa shape index (κ1) is 26.3. The van der Waals surface area contributed by atoms with Gasteiger partial charge >= 0.3 is 0 Å². The molecule has 186 valence electrons. The molecule has 1 amide bonds. The van der Waals surface area contributed by atoms with Gasteiger partial charge in [-0.2, -0.15) is 0 Å². The average molecular weight is 494 g/mol. The zero-order valence-corrected chi connectivity index (χ0v) is 21.9. The SMILES string of the molecule is CCC(=O)Nc1ccc(Sc2nc(N=C(N)C=C(C)N)cc(N3CC=C(C(C)(C)C)CC3)n2)cc1. The fraction of sp³-hybridized carbons (Fsp3) is 0.385. The molecule has 35 heavy (non-hydrogen) atoms. The van der Waals surface area contributed by atoms with E-state index in [1.165, 1.54) is 17.3 Å². The van der Waals surface area contributed by atoms with Gasteiger partial charge in [0.15, 0.2) is 11.0 Å². The number of nitrogens with one attached hydrogen (secondary N) is 1. The summed E-state index contributed by atoms with van der Waals surface area (Å²) < 4.78 is 0. The summed E-state index contributed by atoms with van der Waals surface area (Å²) in [6, 6.07) is 9.46. The molecule has 2 heterocycles. The summed E-state index contributed by atoms with van der Waals surface area (Å²) in [5, 5.41) is 3.42. The minimum absolute atomic E-state index is 0.0199. The van der Waals surface area contributed by atoms with Gasteiger partial charge < -0.3 is 21.7 Å². The first-order valence-corrected chi connectivity index (χ1v) is 12.5. The van der Waals surface area contributed by atoms with Gasteiger partial charge in [-0.25, -0.2) is 15.0 Å². The van der Waals surface area contributed by atoms with Gasteiger partial charge in [0.2, 0.25) is 5.91 Å². The van der Waals surface area contributed by atoms with Crippen LogP contribution in [0.2, 0.25) is 0 Å². The number of nitrogens with two attached hydrogens (primary N) is 2. The predicted octanol–water partition coefficient (Wildman–Crippen LogP) is 5.01. The van der Waals surface area contributed by atoms with E-state index < -0.39 is 0 Å². The van der Waals surface area contributed by atoms with Crippen molar-refractivity contribution in [3.63, 3.8) is 0 Å². The lowest BCUT2D eigenvalue weighted by Gasteiger charge is -2.32. The molecule has 1 aliphatic rings. The first-order valence-electron chi connectivity index (χ1n) is 11.7. The Kier molecular flexibility index (Phi) is 8.56. The number of anilines is 2. The lowest BCUT2D eigenvalue weighted by molar-refractivity contribution is -0.115. The molecule has 0 saturated carbocycles. The maximum Gasteiger partial charge on any atom is 0.224 e. The van der Waals surface area contributed by atoms with Crippen LogP contribution in [0.4, 0.5) is 17.3 Å². The minimum atomic E-state index is -0.0199. The summed E-state index contributed by atoms with van der Waals surface area (Å²) in [4.78, 5) is 28.7. The molecule has 0 fully saturated rings. The highest BCUT2D eigenvalue weighted by Gasteiger charge is 2.22. The Hall–Kier alpha value is -3.33. The standard InChI is InChI=1S/C26H35N7OS/c1-6-24(34)29-19-7-9-20(10-8-19)35-25-31-22(30-21(28)15-17(2)27)16-23(32-25)33-13-11-18(12-14-33)26(3,4)5/h7-11,15-16H,6,12-14,27H2,1-5H3,(H,29,34)(H2,28,30,31,32). The van der Waals surface area contributed by atoms with E-state index in [9.17, 15) is 4.79 Å². The zero-order valence-electron chi connectivity index (χ0n) is 21.1. The lowest BCUT2D eigenvalue weighted by Crippen LogP contribution is -2.32. The number of carbonyl (C=O) groups is 1. The van der Waals surface area contributed by atoms with Crippen LogP contribution in [0.25, 0.3) is 0 Å². The van der Waals surface area contributed by atoms with Crippen molar-refractivity contribution in [2.75, 3.05) is 23.3 Å². The Morgan fingerprint density at radius 3 is 2.51 bits per heavy atom. The molecule has 0 aliphatic carbocycles. The molecule has 8 nitrogen and oxygen atoms in total. The Morgan fingerprint density at radius 2 is 1.94 bits per heavy atom. The number of nitrogens with zero attached hydrogens (tertiary/aromatic N) is 4. The fourth-order valence-electron chi connectivity index (χ4n) is 3.58. The Labute approximate surface area is 212 Å². The second-order valence-electron chi connectivity index (χ2n) is 9.50. The van der Waals surface area contributed by atoms with Gasteiger partial charge in [-0.05, 0) is 60.9 Å². The molecule has 0 bridgehead atoms. The maximum absolute atomic E-state index is 11.6. The number of hydrogen-bond acceptors (Lipinski definition) is 7. The van der Waals surface area contributed by atoms with Crippen molar-refractivity contribution >= 4 is 40.8 Å². The van der Waals surface area contributed by atoms with E-state index in [-0.39, 0.29) is 17.2 Å². The molecule has 3 rings (SSSR count). The predicted molar refractivity (Wildman–Crippen MR) is 145 cm³/mol. The molecule has 2 aromatic rings. The molecule has 9 heteroatoms. The number of carbonyl (C=O) groups excluding carboxylic acids is 1. The van der Waals surface area contributed by atoms with Crippen LogP contribution in [-0.2, 0) is 4.79 Å². The number of benzene rings is 1. The van der Waals surface area contributed by atoms with Crippen molar-refractivity contribution in [3.05, 3.63) is 53.8 Å². The van der Waals surface area contributed by atoms with E-state index in [1.807, 2.05) is 37.3 Å².